The van der Waals surface area contributed by atoms with Crippen LogP contribution in [0.1, 0.15) is 12.5 Å². The quantitative estimate of drug-likeness (QED) is 0.485. The molecule has 3 rings (SSSR count). The van der Waals surface area contributed by atoms with E-state index in [9.17, 15) is 19.6 Å². The first kappa shape index (κ1) is 18.8. The Balaban J connectivity index is 2.01. The van der Waals surface area contributed by atoms with E-state index in [0.717, 1.165) is 0 Å². The minimum atomic E-state index is -0.730. The van der Waals surface area contributed by atoms with E-state index in [0.29, 0.717) is 16.9 Å². The predicted octanol–water partition coefficient (Wildman–Crippen LogP) is 1.91. The number of esters is 1. The summed E-state index contributed by atoms with van der Waals surface area (Å²) in [6.45, 7) is 1.54. The van der Waals surface area contributed by atoms with Crippen molar-refractivity contribution in [3.05, 3.63) is 59.9 Å². The van der Waals surface area contributed by atoms with Gasteiger partial charge in [-0.25, -0.2) is 0 Å². The van der Waals surface area contributed by atoms with Crippen LogP contribution in [0, 0.1) is 11.3 Å². The Morgan fingerprint density at radius 2 is 2.04 bits per heavy atom. The van der Waals surface area contributed by atoms with Crippen molar-refractivity contribution in [2.24, 2.45) is 0 Å². The highest BCUT2D eigenvalue weighted by atomic mass is 16.5. The molecule has 0 saturated carbocycles. The molecule has 8 nitrogen and oxygen atoms in total. The molecule has 2 aromatic rings. The first-order valence-corrected chi connectivity index (χ1v) is 8.49. The van der Waals surface area contributed by atoms with E-state index in [1.165, 1.54) is 11.1 Å². The molecule has 28 heavy (non-hydrogen) atoms. The number of aromatic nitrogens is 1. The maximum absolute atomic E-state index is 13.0. The number of anilines is 2. The van der Waals surface area contributed by atoms with Gasteiger partial charge in [0.1, 0.15) is 18.2 Å². The number of carbonyl (C=O) groups excluding carboxylic acids is 3. The van der Waals surface area contributed by atoms with Gasteiger partial charge in [0.2, 0.25) is 0 Å². The largest absolute Gasteiger partial charge is 0.465 e. The summed E-state index contributed by atoms with van der Waals surface area (Å²) in [5, 5.41) is 12.1. The highest BCUT2D eigenvalue weighted by Gasteiger charge is 2.37. The highest BCUT2D eigenvalue weighted by Crippen LogP contribution is 2.38. The minimum Gasteiger partial charge on any atom is -0.465 e. The van der Waals surface area contributed by atoms with Gasteiger partial charge in [-0.1, -0.05) is 18.2 Å². The van der Waals surface area contributed by atoms with Crippen molar-refractivity contribution in [3.8, 4) is 6.07 Å². The maximum Gasteiger partial charge on any atom is 0.326 e. The topological polar surface area (TPSA) is 112 Å². The van der Waals surface area contributed by atoms with Crippen molar-refractivity contribution < 1.29 is 19.1 Å². The standard InChI is InChI=1S/C20H16N4O4/c1-2-28-17(25)12-24-16-8-4-3-7-14(16)18(20(24)27)15(10-21)19(26)23-13-6-5-9-22-11-13/h3-9,11H,2,12H2,1H3,(H,23,26)/b18-15+. The zero-order valence-electron chi connectivity index (χ0n) is 15.0. The van der Waals surface area contributed by atoms with Gasteiger partial charge in [0.05, 0.1) is 29.8 Å². The van der Waals surface area contributed by atoms with Gasteiger partial charge in [-0.05, 0) is 25.1 Å². The molecule has 0 atom stereocenters. The summed E-state index contributed by atoms with van der Waals surface area (Å²) in [5.41, 5.74) is 0.853. The summed E-state index contributed by atoms with van der Waals surface area (Å²) in [4.78, 5) is 42.6. The zero-order chi connectivity index (χ0) is 20.1. The molecule has 1 aromatic heterocycles. The number of amides is 2. The van der Waals surface area contributed by atoms with Crippen LogP contribution in [0.15, 0.2) is 54.4 Å². The molecule has 0 saturated heterocycles. The van der Waals surface area contributed by atoms with Crippen molar-refractivity contribution in [2.75, 3.05) is 23.4 Å². The summed E-state index contributed by atoms with van der Waals surface area (Å²) in [6.07, 6.45) is 2.97. The molecule has 2 heterocycles. The van der Waals surface area contributed by atoms with Crippen LogP contribution >= 0.6 is 0 Å². The predicted molar refractivity (Wildman–Crippen MR) is 101 cm³/mol. The molecule has 0 fully saturated rings. The van der Waals surface area contributed by atoms with Crippen molar-refractivity contribution in [3.63, 3.8) is 0 Å². The molecule has 0 radical (unpaired) electrons. The molecule has 1 aliphatic heterocycles. The van der Waals surface area contributed by atoms with E-state index in [1.807, 2.05) is 6.07 Å². The average Bonchev–Trinajstić information content (AvgIpc) is 2.96. The molecule has 8 heteroatoms. The Kier molecular flexibility index (Phi) is 5.46. The lowest BCUT2D eigenvalue weighted by Crippen LogP contribution is -2.33. The summed E-state index contributed by atoms with van der Waals surface area (Å²) in [6, 6.07) is 11.7. The Morgan fingerprint density at radius 1 is 1.25 bits per heavy atom. The van der Waals surface area contributed by atoms with E-state index in [2.05, 4.69) is 10.3 Å². The molecule has 0 bridgehead atoms. The van der Waals surface area contributed by atoms with Crippen molar-refractivity contribution in [1.29, 1.82) is 5.26 Å². The number of nitriles is 1. The second kappa shape index (κ2) is 8.14. The molecular formula is C20H16N4O4. The fraction of sp³-hybridized carbons (Fsp3) is 0.150. The summed E-state index contributed by atoms with van der Waals surface area (Å²) in [7, 11) is 0. The number of nitrogens with one attached hydrogen (secondary N) is 1. The Hall–Kier alpha value is -3.99. The number of rotatable bonds is 5. The van der Waals surface area contributed by atoms with Gasteiger partial charge in [0.25, 0.3) is 11.8 Å². The summed E-state index contributed by atoms with van der Waals surface area (Å²) < 4.78 is 4.92. The highest BCUT2D eigenvalue weighted by molar-refractivity contribution is 6.38. The Morgan fingerprint density at radius 3 is 2.71 bits per heavy atom. The molecule has 1 N–H and O–H groups in total. The van der Waals surface area contributed by atoms with Gasteiger partial charge < -0.3 is 10.1 Å². The summed E-state index contributed by atoms with van der Waals surface area (Å²) in [5.74, 6) is -1.91. The first-order valence-electron chi connectivity index (χ1n) is 8.49. The van der Waals surface area contributed by atoms with Gasteiger partial charge in [-0.3, -0.25) is 24.3 Å². The van der Waals surface area contributed by atoms with Crippen LogP contribution in [0.25, 0.3) is 5.57 Å². The lowest BCUT2D eigenvalue weighted by Gasteiger charge is -2.15. The number of nitrogens with zero attached hydrogens (tertiary/aromatic N) is 3. The number of ether oxygens (including phenoxy) is 1. The van der Waals surface area contributed by atoms with Crippen LogP contribution in [0.2, 0.25) is 0 Å². The second-order valence-electron chi connectivity index (χ2n) is 5.77. The van der Waals surface area contributed by atoms with Gasteiger partial charge in [0.15, 0.2) is 0 Å². The van der Waals surface area contributed by atoms with E-state index >= 15 is 0 Å². The lowest BCUT2D eigenvalue weighted by molar-refractivity contribution is -0.142. The maximum atomic E-state index is 13.0. The zero-order valence-corrected chi connectivity index (χ0v) is 15.0. The fourth-order valence-electron chi connectivity index (χ4n) is 2.86. The van der Waals surface area contributed by atoms with Crippen molar-refractivity contribution >= 4 is 34.7 Å². The van der Waals surface area contributed by atoms with Gasteiger partial charge in [-0.15, -0.1) is 0 Å². The molecular weight excluding hydrogens is 360 g/mol. The monoisotopic (exact) mass is 376 g/mol. The van der Waals surface area contributed by atoms with Crippen LogP contribution in [0.3, 0.4) is 0 Å². The smallest absolute Gasteiger partial charge is 0.326 e. The van der Waals surface area contributed by atoms with Gasteiger partial charge >= 0.3 is 5.97 Å². The normalized spacial score (nSPS) is 14.1. The van der Waals surface area contributed by atoms with Crippen LogP contribution in [0.4, 0.5) is 11.4 Å². The minimum absolute atomic E-state index is 0.0520. The van der Waals surface area contributed by atoms with E-state index < -0.39 is 17.8 Å². The molecule has 1 aliphatic rings. The number of hydrogen-bond acceptors (Lipinski definition) is 6. The number of para-hydroxylation sites is 1. The van der Waals surface area contributed by atoms with Gasteiger partial charge in [0, 0.05) is 11.8 Å². The second-order valence-corrected chi connectivity index (χ2v) is 5.77. The molecule has 140 valence electrons. The van der Waals surface area contributed by atoms with E-state index in [4.69, 9.17) is 4.74 Å². The van der Waals surface area contributed by atoms with Crippen LogP contribution in [0.5, 0.6) is 0 Å². The summed E-state index contributed by atoms with van der Waals surface area (Å²) >= 11 is 0. The van der Waals surface area contributed by atoms with Crippen molar-refractivity contribution in [1.82, 2.24) is 4.98 Å². The van der Waals surface area contributed by atoms with Crippen molar-refractivity contribution in [2.45, 2.75) is 6.92 Å². The Bertz CT molecular complexity index is 1010. The van der Waals surface area contributed by atoms with Crippen LogP contribution < -0.4 is 10.2 Å². The van der Waals surface area contributed by atoms with E-state index in [-0.39, 0.29) is 24.3 Å². The number of carbonyl (C=O) groups is 3. The van der Waals surface area contributed by atoms with Gasteiger partial charge in [-0.2, -0.15) is 5.26 Å². The molecule has 0 spiro atoms. The van der Waals surface area contributed by atoms with Crippen LogP contribution in [-0.2, 0) is 19.1 Å². The van der Waals surface area contributed by atoms with Crippen LogP contribution in [-0.4, -0.2) is 35.9 Å². The number of benzene rings is 1. The number of hydrogen-bond donors (Lipinski definition) is 1. The third-order valence-corrected chi connectivity index (χ3v) is 4.02. The third-order valence-electron chi connectivity index (χ3n) is 4.02. The SMILES string of the molecule is CCOC(=O)CN1C(=O)/C(=C(\C#N)C(=O)Nc2cccnc2)c2ccccc21. The third kappa shape index (κ3) is 3.59. The lowest BCUT2D eigenvalue weighted by atomic mass is 10.0. The van der Waals surface area contributed by atoms with E-state index in [1.54, 1.807) is 49.5 Å². The first-order chi connectivity index (χ1) is 13.6. The molecule has 0 aliphatic carbocycles. The fourth-order valence-corrected chi connectivity index (χ4v) is 2.86. The Labute approximate surface area is 161 Å². The number of pyridine rings is 1. The molecule has 0 unspecified atom stereocenters. The molecule has 1 aromatic carbocycles. The molecule has 2 amide bonds. The number of fused-ring (bicyclic) bond motifs is 1. The average molecular weight is 376 g/mol.